The van der Waals surface area contributed by atoms with Crippen molar-refractivity contribution in [3.8, 4) is 0 Å². The Morgan fingerprint density at radius 1 is 1.06 bits per heavy atom. The summed E-state index contributed by atoms with van der Waals surface area (Å²) in [5, 5.41) is 3.33. The first-order valence-corrected chi connectivity index (χ1v) is 12.7. The molecule has 2 rings (SSSR count). The maximum absolute atomic E-state index is 13.5. The van der Waals surface area contributed by atoms with Crippen LogP contribution in [-0.2, 0) is 26.2 Å². The number of benzene rings is 2. The van der Waals surface area contributed by atoms with Crippen molar-refractivity contribution in [2.75, 3.05) is 23.7 Å². The van der Waals surface area contributed by atoms with Gasteiger partial charge in [-0.05, 0) is 49.6 Å². The third-order valence-corrected chi connectivity index (χ3v) is 6.44. The van der Waals surface area contributed by atoms with E-state index >= 15 is 0 Å². The minimum absolute atomic E-state index is 0.150. The smallest absolute Gasteiger partial charge is 0.244 e. The highest BCUT2D eigenvalue weighted by atomic mass is 35.5. The van der Waals surface area contributed by atoms with E-state index in [1.54, 1.807) is 62.4 Å². The number of rotatable bonds is 10. The lowest BCUT2D eigenvalue weighted by atomic mass is 10.1. The molecular weight excluding hydrogens is 450 g/mol. The number of sulfonamides is 1. The number of carbonyl (C=O) groups excluding carboxylic acids is 2. The zero-order valence-electron chi connectivity index (χ0n) is 18.8. The highest BCUT2D eigenvalue weighted by Gasteiger charge is 2.31. The van der Waals surface area contributed by atoms with Crippen LogP contribution in [-0.4, -0.2) is 50.5 Å². The summed E-state index contributed by atoms with van der Waals surface area (Å²) < 4.78 is 26.2. The lowest BCUT2D eigenvalue weighted by Crippen LogP contribution is -2.52. The van der Waals surface area contributed by atoms with Crippen molar-refractivity contribution < 1.29 is 18.0 Å². The average molecular weight is 480 g/mol. The Kier molecular flexibility index (Phi) is 9.09. The molecule has 0 unspecified atom stereocenters. The molecule has 0 aromatic heterocycles. The number of para-hydroxylation sites is 1. The Balaban J connectivity index is 2.43. The molecule has 7 nitrogen and oxygen atoms in total. The zero-order valence-corrected chi connectivity index (χ0v) is 20.4. The second-order valence-electron chi connectivity index (χ2n) is 7.52. The van der Waals surface area contributed by atoms with E-state index in [9.17, 15) is 18.0 Å². The molecule has 0 aliphatic rings. The summed E-state index contributed by atoms with van der Waals surface area (Å²) in [5.41, 5.74) is 1.94. The number of aryl methyl sites for hydroxylation is 1. The van der Waals surface area contributed by atoms with Crippen LogP contribution in [0.15, 0.2) is 48.5 Å². The molecule has 0 fully saturated rings. The van der Waals surface area contributed by atoms with Gasteiger partial charge in [0.2, 0.25) is 21.8 Å². The fourth-order valence-corrected chi connectivity index (χ4v) is 4.47. The topological polar surface area (TPSA) is 86.8 Å². The molecular formula is C23H30ClN3O4S. The van der Waals surface area contributed by atoms with Gasteiger partial charge in [0.1, 0.15) is 12.6 Å². The Hall–Kier alpha value is -2.58. The molecule has 2 amide bonds. The van der Waals surface area contributed by atoms with Crippen LogP contribution in [0.5, 0.6) is 0 Å². The number of anilines is 1. The summed E-state index contributed by atoms with van der Waals surface area (Å²) in [6.45, 7) is 5.57. The predicted octanol–water partition coefficient (Wildman–Crippen LogP) is 3.36. The third kappa shape index (κ3) is 6.71. The number of amides is 2. The Bertz CT molecular complexity index is 1040. The number of carbonyl (C=O) groups is 2. The molecule has 0 saturated heterocycles. The molecule has 2 aromatic carbocycles. The van der Waals surface area contributed by atoms with Crippen LogP contribution in [0.3, 0.4) is 0 Å². The van der Waals surface area contributed by atoms with Gasteiger partial charge >= 0.3 is 0 Å². The molecule has 0 spiro atoms. The largest absolute Gasteiger partial charge is 0.355 e. The molecule has 0 saturated carbocycles. The minimum Gasteiger partial charge on any atom is -0.355 e. The Labute approximate surface area is 195 Å². The summed E-state index contributed by atoms with van der Waals surface area (Å²) in [4.78, 5) is 27.6. The van der Waals surface area contributed by atoms with Gasteiger partial charge in [0.05, 0.1) is 11.9 Å². The van der Waals surface area contributed by atoms with Crippen molar-refractivity contribution in [2.24, 2.45) is 0 Å². The number of hydrogen-bond acceptors (Lipinski definition) is 4. The summed E-state index contributed by atoms with van der Waals surface area (Å²) in [6, 6.07) is 13.2. The highest BCUT2D eigenvalue weighted by Crippen LogP contribution is 2.23. The Morgan fingerprint density at radius 2 is 1.69 bits per heavy atom. The monoisotopic (exact) mass is 479 g/mol. The highest BCUT2D eigenvalue weighted by molar-refractivity contribution is 7.92. The summed E-state index contributed by atoms with van der Waals surface area (Å²) in [6.07, 6.45) is 1.45. The summed E-state index contributed by atoms with van der Waals surface area (Å²) in [7, 11) is -3.74. The van der Waals surface area contributed by atoms with Crippen LogP contribution < -0.4 is 9.62 Å². The van der Waals surface area contributed by atoms with Crippen LogP contribution in [0.4, 0.5) is 5.69 Å². The van der Waals surface area contributed by atoms with Crippen LogP contribution in [0.1, 0.15) is 31.4 Å². The van der Waals surface area contributed by atoms with Crippen molar-refractivity contribution in [3.05, 3.63) is 64.7 Å². The lowest BCUT2D eigenvalue weighted by molar-refractivity contribution is -0.140. The summed E-state index contributed by atoms with van der Waals surface area (Å²) >= 11 is 5.98. The molecule has 174 valence electrons. The molecule has 0 radical (unpaired) electrons. The maximum atomic E-state index is 13.5. The van der Waals surface area contributed by atoms with Gasteiger partial charge in [0.25, 0.3) is 0 Å². The van der Waals surface area contributed by atoms with Crippen LogP contribution in [0.2, 0.25) is 5.02 Å². The number of nitrogens with zero attached hydrogens (tertiary/aromatic N) is 2. The van der Waals surface area contributed by atoms with Gasteiger partial charge in [-0.2, -0.15) is 0 Å². The first kappa shape index (κ1) is 25.7. The van der Waals surface area contributed by atoms with Crippen LogP contribution in [0.25, 0.3) is 0 Å². The van der Waals surface area contributed by atoms with Gasteiger partial charge in [-0.15, -0.1) is 0 Å². The van der Waals surface area contributed by atoms with E-state index in [1.165, 1.54) is 4.90 Å². The number of halogens is 1. The van der Waals surface area contributed by atoms with Gasteiger partial charge in [0, 0.05) is 18.1 Å². The maximum Gasteiger partial charge on any atom is 0.244 e. The van der Waals surface area contributed by atoms with Crippen LogP contribution >= 0.6 is 11.6 Å². The second kappa shape index (κ2) is 11.3. The molecule has 32 heavy (non-hydrogen) atoms. The van der Waals surface area contributed by atoms with Crippen LogP contribution in [0, 0.1) is 6.92 Å². The predicted molar refractivity (Wildman–Crippen MR) is 128 cm³/mol. The van der Waals surface area contributed by atoms with E-state index < -0.39 is 28.5 Å². The van der Waals surface area contributed by atoms with E-state index in [2.05, 4.69) is 5.32 Å². The minimum atomic E-state index is -3.74. The van der Waals surface area contributed by atoms with Crippen molar-refractivity contribution in [3.63, 3.8) is 0 Å². The van der Waals surface area contributed by atoms with Gasteiger partial charge < -0.3 is 10.2 Å². The van der Waals surface area contributed by atoms with Gasteiger partial charge in [-0.25, -0.2) is 8.42 Å². The lowest BCUT2D eigenvalue weighted by Gasteiger charge is -2.33. The quantitative estimate of drug-likeness (QED) is 0.566. The van der Waals surface area contributed by atoms with Gasteiger partial charge in [-0.1, -0.05) is 48.9 Å². The molecule has 1 N–H and O–H groups in total. The first-order valence-electron chi connectivity index (χ1n) is 10.4. The number of nitrogens with one attached hydrogen (secondary N) is 1. The molecule has 0 aliphatic carbocycles. The number of hydrogen-bond donors (Lipinski definition) is 1. The molecule has 0 aliphatic heterocycles. The van der Waals surface area contributed by atoms with E-state index in [1.807, 2.05) is 6.92 Å². The van der Waals surface area contributed by atoms with E-state index in [0.717, 1.165) is 21.7 Å². The van der Waals surface area contributed by atoms with E-state index in [0.29, 0.717) is 23.7 Å². The van der Waals surface area contributed by atoms with Crippen molar-refractivity contribution in [1.82, 2.24) is 10.2 Å². The summed E-state index contributed by atoms with van der Waals surface area (Å²) in [5.74, 6) is -0.745. The Morgan fingerprint density at radius 3 is 2.22 bits per heavy atom. The molecule has 1 atom stereocenters. The van der Waals surface area contributed by atoms with Gasteiger partial charge in [0.15, 0.2) is 0 Å². The van der Waals surface area contributed by atoms with E-state index in [4.69, 9.17) is 11.6 Å². The zero-order chi connectivity index (χ0) is 23.9. The normalized spacial score (nSPS) is 12.2. The van der Waals surface area contributed by atoms with E-state index in [-0.39, 0.29) is 12.5 Å². The fourth-order valence-electron chi connectivity index (χ4n) is 3.44. The molecule has 2 aromatic rings. The van der Waals surface area contributed by atoms with Crippen molar-refractivity contribution >= 4 is 39.1 Å². The molecule has 9 heteroatoms. The van der Waals surface area contributed by atoms with Crippen molar-refractivity contribution in [1.29, 1.82) is 0 Å². The third-order valence-electron chi connectivity index (χ3n) is 5.07. The fraction of sp³-hybridized carbons (Fsp3) is 0.391. The second-order valence-corrected chi connectivity index (χ2v) is 9.87. The number of likely N-dealkylation sites (N-methyl/N-ethyl adjacent to an activating group) is 1. The van der Waals surface area contributed by atoms with Gasteiger partial charge in [-0.3, -0.25) is 13.9 Å². The van der Waals surface area contributed by atoms with Crippen molar-refractivity contribution in [2.45, 2.75) is 39.8 Å². The standard InChI is InChI=1S/C23H30ClN3O4S/c1-5-20(23(29)25-6-2)26(15-18-11-13-19(24)14-12-18)22(28)16-27(32(4,30)31)21-10-8-7-9-17(21)3/h7-14,20H,5-6,15-16H2,1-4H3,(H,25,29)/t20-/m0/s1. The molecule has 0 heterocycles. The SMILES string of the molecule is CCNC(=O)[C@H](CC)N(Cc1ccc(Cl)cc1)C(=O)CN(c1ccccc1C)S(C)(=O)=O. The first-order chi connectivity index (χ1) is 15.1. The average Bonchev–Trinajstić information content (AvgIpc) is 2.73. The molecule has 0 bridgehead atoms.